The van der Waals surface area contributed by atoms with Gasteiger partial charge in [-0.25, -0.2) is 0 Å². The molecule has 6 saturated heterocycles. The minimum absolute atomic E-state index is 0.0251. The predicted octanol–water partition coefficient (Wildman–Crippen LogP) is -17.3. The smallest absolute Gasteiger partial charge is 0.187 e. The second-order valence-electron chi connectivity index (χ2n) is 23.2. The molecule has 0 aromatic rings. The van der Waals surface area contributed by atoms with E-state index in [1.165, 1.54) is 0 Å². The van der Waals surface area contributed by atoms with Crippen LogP contribution in [0.3, 0.4) is 0 Å². The van der Waals surface area contributed by atoms with Crippen molar-refractivity contribution in [3.63, 3.8) is 0 Å². The van der Waals surface area contributed by atoms with E-state index in [0.717, 1.165) is 0 Å². The average molecular weight is 1270 g/mol. The number of nitrogens with one attached hydrogen (secondary N) is 2. The Hall–Kier alpha value is -1.75. The summed E-state index contributed by atoms with van der Waals surface area (Å²) in [5.41, 5.74) is 73.9. The summed E-state index contributed by atoms with van der Waals surface area (Å²) in [5.74, 6) is 0. The monoisotopic (exact) mass is 1270 g/mol. The molecule has 0 bridgehead atoms. The zero-order chi connectivity index (χ0) is 63.1. The molecule has 24 unspecified atom stereocenters. The zero-order valence-electron chi connectivity index (χ0n) is 46.7. The van der Waals surface area contributed by atoms with Crippen molar-refractivity contribution in [1.29, 1.82) is 0 Å². The zero-order valence-corrected chi connectivity index (χ0v) is 47.5. The molecular weight excluding hydrogens is 1180 g/mol. The molecule has 0 spiro atoms. The molecule has 38 nitrogen and oxygen atoms in total. The van der Waals surface area contributed by atoms with Crippen molar-refractivity contribution >= 4 is 17.3 Å². The number of thiocarbonyl (C=S) groups is 1. The molecule has 8 aliphatic rings. The average Bonchev–Trinajstić information content (AvgIpc) is 1.82. The number of aliphatic hydroxyl groups excluding tert-OH is 12. The minimum Gasteiger partial charge on any atom is -0.389 e. The fourth-order valence-electron chi connectivity index (χ4n) is 12.0. The topological polar surface area (TPSA) is 690 Å². The number of nitrogens with two attached hydrogens (primary N) is 12. The first-order chi connectivity index (χ1) is 40.6. The van der Waals surface area contributed by atoms with E-state index in [2.05, 4.69) is 10.6 Å². The van der Waals surface area contributed by atoms with Gasteiger partial charge >= 0.3 is 0 Å². The summed E-state index contributed by atoms with van der Waals surface area (Å²) in [6.45, 7) is -1.79. The van der Waals surface area contributed by atoms with Gasteiger partial charge in [0.25, 0.3) is 0 Å². The maximum absolute atomic E-state index is 12.0. The first-order valence-corrected chi connectivity index (χ1v) is 29.0. The van der Waals surface area contributed by atoms with Gasteiger partial charge in [-0.15, -0.1) is 0 Å². The summed E-state index contributed by atoms with van der Waals surface area (Å²) >= 11 is 5.69. The van der Waals surface area contributed by atoms with Gasteiger partial charge in [0.2, 0.25) is 0 Å². The van der Waals surface area contributed by atoms with Crippen molar-refractivity contribution in [3.8, 4) is 0 Å². The molecule has 0 amide bonds. The van der Waals surface area contributed by atoms with Crippen molar-refractivity contribution in [2.24, 2.45) is 68.8 Å². The molecule has 2 saturated carbocycles. The van der Waals surface area contributed by atoms with Crippen LogP contribution in [0.5, 0.6) is 0 Å². The van der Waals surface area contributed by atoms with E-state index in [4.69, 9.17) is 138 Å². The fourth-order valence-corrected chi connectivity index (χ4v) is 12.1. The first kappa shape index (κ1) is 70.1. The SMILES string of the molecule is NCC1O[C@H](OC2C(N)C[C@@H](N)C(O)[C@H]2O[C@@H]2O[C@H](CNC(=S)NCC3OC(OC4C(O[C@@H]5OC(CN)C(O)[C@H](O)C5N)C(N)C[C@H](N)[C@@H]4O)C(O)C3O[C@@H]3O[C@H](CN)C(O)C(O)C3N)C(O[C@H]3O[C@@H](CN)C(O)C(O)C3N)C2O)C(N)[C@@H](O)C1O. The van der Waals surface area contributed by atoms with Crippen LogP contribution in [0.25, 0.3) is 0 Å². The largest absolute Gasteiger partial charge is 0.389 e. The Labute approximate surface area is 498 Å². The number of aliphatic hydroxyl groups is 12. The summed E-state index contributed by atoms with van der Waals surface area (Å²) in [5, 5.41) is 138. The molecule has 8 rings (SSSR count). The third-order valence-corrected chi connectivity index (χ3v) is 17.6. The van der Waals surface area contributed by atoms with Crippen LogP contribution in [0, 0.1) is 0 Å². The van der Waals surface area contributed by atoms with Gasteiger partial charge in [0, 0.05) is 63.4 Å². The molecule has 86 heavy (non-hydrogen) atoms. The lowest BCUT2D eigenvalue weighted by molar-refractivity contribution is -0.306. The molecule has 6 heterocycles. The molecule has 6 aliphatic heterocycles. The highest BCUT2D eigenvalue weighted by Crippen LogP contribution is 2.37. The lowest BCUT2D eigenvalue weighted by Gasteiger charge is -2.47. The van der Waals surface area contributed by atoms with Crippen LogP contribution in [0.15, 0.2) is 0 Å². The second-order valence-corrected chi connectivity index (χ2v) is 23.6. The Morgan fingerprint density at radius 1 is 0.314 bits per heavy atom. The lowest BCUT2D eigenvalue weighted by Crippen LogP contribution is -2.68. The Kier molecular flexibility index (Phi) is 24.4. The number of ether oxygens (including phenoxy) is 12. The summed E-state index contributed by atoms with van der Waals surface area (Å²) in [7, 11) is 0. The Morgan fingerprint density at radius 3 is 0.826 bits per heavy atom. The summed E-state index contributed by atoms with van der Waals surface area (Å²) in [6, 6.07) is -9.58. The van der Waals surface area contributed by atoms with Crippen LogP contribution in [0.4, 0.5) is 0 Å². The van der Waals surface area contributed by atoms with Gasteiger partial charge in [-0.05, 0) is 25.1 Å². The van der Waals surface area contributed by atoms with E-state index >= 15 is 0 Å². The van der Waals surface area contributed by atoms with Crippen molar-refractivity contribution in [2.45, 2.75) is 245 Å². The standard InChI is InChI=1S/C47H92N14O24S/c48-3-13-25(64)29(68)19(56)41(74-13)80-35-11(54)1-9(52)23(62)39(35)84-45-33(72)37(82-43-21(58)31(70)27(66)15(5-50)76-43)17(78-45)7-60-47(86)61-8-18-38(83-44-22(59)32(71)28(67)16(6-51)77-44)34(73)46(79-18)85-40-24(63)10(53)2-12(55)36(40)81-42-20(57)30(69)26(65)14(4-49)75-42/h9-46,62-73H,1-8,48-59H2,(H2,60,61,86)/t9-,10+,11?,12?,13?,14?,15+,16-,17-,18?,19?,20?,21?,22?,23?,24+,25?,26?,27?,28?,29-,30-,31?,32?,33?,34?,35?,36?,37?,38?,39-,40?,41-,42+,43-,44+,45+,46?/m1/s1. The lowest BCUT2D eigenvalue weighted by atomic mass is 9.84. The number of rotatable bonds is 20. The van der Waals surface area contributed by atoms with E-state index in [1.807, 2.05) is 0 Å². The van der Waals surface area contributed by atoms with Gasteiger partial charge in [0.05, 0.1) is 36.4 Å². The second kappa shape index (κ2) is 29.9. The van der Waals surface area contributed by atoms with E-state index in [-0.39, 0.29) is 57.2 Å². The molecular formula is C47H92N14O24S. The van der Waals surface area contributed by atoms with E-state index in [0.29, 0.717) is 0 Å². The Morgan fingerprint density at radius 2 is 0.558 bits per heavy atom. The van der Waals surface area contributed by atoms with E-state index in [9.17, 15) is 61.3 Å². The Bertz CT molecular complexity index is 2010. The van der Waals surface area contributed by atoms with Gasteiger partial charge in [-0.3, -0.25) is 0 Å². The molecule has 38 atom stereocenters. The van der Waals surface area contributed by atoms with Crippen LogP contribution in [-0.4, -0.2) is 338 Å². The van der Waals surface area contributed by atoms with Crippen molar-refractivity contribution in [2.75, 3.05) is 39.3 Å². The van der Waals surface area contributed by atoms with Gasteiger partial charge < -0.3 is 198 Å². The van der Waals surface area contributed by atoms with Crippen LogP contribution in [0.1, 0.15) is 12.8 Å². The van der Waals surface area contributed by atoms with Gasteiger partial charge in [-0.1, -0.05) is 0 Å². The van der Waals surface area contributed by atoms with Crippen molar-refractivity contribution in [1.82, 2.24) is 10.6 Å². The highest BCUT2D eigenvalue weighted by molar-refractivity contribution is 7.80. The maximum Gasteiger partial charge on any atom is 0.187 e. The van der Waals surface area contributed by atoms with Gasteiger partial charge in [-0.2, -0.15) is 0 Å². The van der Waals surface area contributed by atoms with Crippen LogP contribution < -0.4 is 79.4 Å². The molecule has 500 valence electrons. The number of hydrogen-bond donors (Lipinski definition) is 26. The molecule has 0 radical (unpaired) electrons. The van der Waals surface area contributed by atoms with Gasteiger partial charge in [0.15, 0.2) is 42.9 Å². The van der Waals surface area contributed by atoms with E-state index < -0.39 is 233 Å². The summed E-state index contributed by atoms with van der Waals surface area (Å²) < 4.78 is 73.1. The molecule has 0 aromatic heterocycles. The van der Waals surface area contributed by atoms with Gasteiger partial charge in [0.1, 0.15) is 134 Å². The molecule has 0 aromatic carbocycles. The third kappa shape index (κ3) is 14.7. The quantitative estimate of drug-likeness (QED) is 0.0503. The number of hydrogen-bond acceptors (Lipinski definition) is 37. The maximum atomic E-state index is 12.0. The molecule has 2 aliphatic carbocycles. The van der Waals surface area contributed by atoms with Crippen molar-refractivity contribution in [3.05, 3.63) is 0 Å². The minimum atomic E-state index is -1.81. The van der Waals surface area contributed by atoms with Crippen LogP contribution in [0.2, 0.25) is 0 Å². The molecule has 38 N–H and O–H groups in total. The fraction of sp³-hybridized carbons (Fsp3) is 0.979. The van der Waals surface area contributed by atoms with Crippen LogP contribution >= 0.6 is 12.2 Å². The van der Waals surface area contributed by atoms with Crippen molar-refractivity contribution < 1.29 is 118 Å². The summed E-state index contributed by atoms with van der Waals surface area (Å²) in [4.78, 5) is 0. The van der Waals surface area contributed by atoms with Crippen LogP contribution in [-0.2, 0) is 56.8 Å². The third-order valence-electron chi connectivity index (χ3n) is 17.3. The highest BCUT2D eigenvalue weighted by atomic mass is 32.1. The normalized spacial score (nSPS) is 52.9. The summed E-state index contributed by atoms with van der Waals surface area (Å²) in [6.07, 6.45) is -44.6. The molecule has 8 fully saturated rings. The molecule has 39 heteroatoms. The van der Waals surface area contributed by atoms with E-state index in [1.54, 1.807) is 0 Å². The predicted molar refractivity (Wildman–Crippen MR) is 291 cm³/mol. The Balaban J connectivity index is 1.00. The first-order valence-electron chi connectivity index (χ1n) is 28.5. The highest BCUT2D eigenvalue weighted by Gasteiger charge is 2.57.